The van der Waals surface area contributed by atoms with Crippen LogP contribution in [0.2, 0.25) is 0 Å². The van der Waals surface area contributed by atoms with Gasteiger partial charge in [0.15, 0.2) is 0 Å². The van der Waals surface area contributed by atoms with E-state index in [0.29, 0.717) is 12.8 Å². The van der Waals surface area contributed by atoms with E-state index >= 15 is 0 Å². The Morgan fingerprint density at radius 3 is 2.31 bits per heavy atom. The topological polar surface area (TPSA) is 105 Å². The highest BCUT2D eigenvalue weighted by molar-refractivity contribution is 4.51. The fraction of sp³-hybridized carbons (Fsp3) is 1.00. The number of hydrogen-bond acceptors (Lipinski definition) is 6. The second-order valence-corrected chi connectivity index (χ2v) is 2.26. The summed E-state index contributed by atoms with van der Waals surface area (Å²) >= 11 is 0. The Labute approximate surface area is 73.6 Å². The molecule has 8 nitrogen and oxygen atoms in total. The molecule has 8 heteroatoms. The van der Waals surface area contributed by atoms with E-state index < -0.39 is 22.9 Å². The normalized spacial score (nSPS) is 11.8. The van der Waals surface area contributed by atoms with Crippen molar-refractivity contribution in [1.82, 2.24) is 0 Å². The fourth-order valence-electron chi connectivity index (χ4n) is 0.754. The molecule has 13 heavy (non-hydrogen) atoms. The molecule has 0 rings (SSSR count). The maximum atomic E-state index is 9.89. The molecule has 0 N–H and O–H groups in total. The molecule has 0 fully saturated rings. The molecule has 0 aromatic heterocycles. The minimum absolute atomic E-state index is 0.342. The van der Waals surface area contributed by atoms with Crippen molar-refractivity contribution in [3.63, 3.8) is 0 Å². The Kier molecular flexibility index (Phi) is 5.24. The van der Waals surface area contributed by atoms with Crippen molar-refractivity contribution in [3.05, 3.63) is 20.2 Å². The molecule has 0 saturated carbocycles. The summed E-state index contributed by atoms with van der Waals surface area (Å²) in [6.45, 7) is 1.37. The van der Waals surface area contributed by atoms with Crippen LogP contribution in [0.1, 0.15) is 19.8 Å². The third kappa shape index (κ3) is 6.78. The molecule has 0 radical (unpaired) electrons. The zero-order chi connectivity index (χ0) is 10.3. The minimum atomic E-state index is -1.01. The van der Waals surface area contributed by atoms with Gasteiger partial charge in [0.1, 0.15) is 12.7 Å². The van der Waals surface area contributed by atoms with Crippen LogP contribution in [0.5, 0.6) is 0 Å². The van der Waals surface area contributed by atoms with Gasteiger partial charge in [-0.25, -0.2) is 0 Å². The molecule has 0 amide bonds. The Hall–Kier alpha value is -1.60. The molecule has 1 atom stereocenters. The van der Waals surface area contributed by atoms with Gasteiger partial charge < -0.3 is 9.68 Å². The van der Waals surface area contributed by atoms with E-state index in [9.17, 15) is 20.2 Å². The molecule has 0 aromatic carbocycles. The molecule has 0 aliphatic carbocycles. The minimum Gasteiger partial charge on any atom is -0.312 e. The van der Waals surface area contributed by atoms with Gasteiger partial charge in [-0.1, -0.05) is 13.3 Å². The predicted molar refractivity (Wildman–Crippen MR) is 39.7 cm³/mol. The van der Waals surface area contributed by atoms with Crippen LogP contribution in [0.4, 0.5) is 0 Å². The summed E-state index contributed by atoms with van der Waals surface area (Å²) in [4.78, 5) is 27.7. The van der Waals surface area contributed by atoms with Crippen LogP contribution in [0.15, 0.2) is 0 Å². The SMILES string of the molecule is CCC[C@H](CO[N+](=O)[O-])O[N+](=O)[O-]. The van der Waals surface area contributed by atoms with Crippen molar-refractivity contribution in [2.75, 3.05) is 6.61 Å². The Morgan fingerprint density at radius 2 is 1.92 bits per heavy atom. The molecule has 0 unspecified atom stereocenters. The summed E-state index contributed by atoms with van der Waals surface area (Å²) in [5.41, 5.74) is 0. The van der Waals surface area contributed by atoms with Crippen molar-refractivity contribution in [2.24, 2.45) is 0 Å². The lowest BCUT2D eigenvalue weighted by Crippen LogP contribution is -2.24. The van der Waals surface area contributed by atoms with E-state index in [1.807, 2.05) is 0 Å². The molecule has 0 aromatic rings. The number of hydrogen-bond donors (Lipinski definition) is 0. The van der Waals surface area contributed by atoms with Gasteiger partial charge in [0.05, 0.1) is 0 Å². The lowest BCUT2D eigenvalue weighted by Gasteiger charge is -2.11. The molecule has 0 aliphatic rings. The van der Waals surface area contributed by atoms with Crippen molar-refractivity contribution >= 4 is 0 Å². The molecule has 0 heterocycles. The Morgan fingerprint density at radius 1 is 1.31 bits per heavy atom. The summed E-state index contributed by atoms with van der Waals surface area (Å²) in [6.07, 6.45) is 0.0967. The smallest absolute Gasteiger partial charge is 0.294 e. The van der Waals surface area contributed by atoms with E-state index in [0.717, 1.165) is 0 Å². The Balaban J connectivity index is 3.79. The molecule has 76 valence electrons. The van der Waals surface area contributed by atoms with E-state index in [4.69, 9.17) is 0 Å². The van der Waals surface area contributed by atoms with Gasteiger partial charge >= 0.3 is 0 Å². The van der Waals surface area contributed by atoms with Crippen molar-refractivity contribution in [1.29, 1.82) is 0 Å². The van der Waals surface area contributed by atoms with Gasteiger partial charge in [0, 0.05) is 0 Å². The molecule has 0 aliphatic heterocycles. The van der Waals surface area contributed by atoms with Crippen molar-refractivity contribution in [3.8, 4) is 0 Å². The van der Waals surface area contributed by atoms with Crippen LogP contribution in [-0.2, 0) is 9.68 Å². The summed E-state index contributed by atoms with van der Waals surface area (Å²) in [6, 6.07) is 0. The fourth-order valence-corrected chi connectivity index (χ4v) is 0.754. The summed E-state index contributed by atoms with van der Waals surface area (Å²) < 4.78 is 0. The van der Waals surface area contributed by atoms with Crippen LogP contribution in [0, 0.1) is 20.2 Å². The molecular weight excluding hydrogens is 184 g/mol. The van der Waals surface area contributed by atoms with Crippen LogP contribution in [0.3, 0.4) is 0 Å². The maximum absolute atomic E-state index is 9.89. The van der Waals surface area contributed by atoms with Gasteiger partial charge in [-0.15, -0.1) is 20.2 Å². The average molecular weight is 194 g/mol. The quantitative estimate of drug-likeness (QED) is 0.433. The van der Waals surface area contributed by atoms with E-state index in [2.05, 4.69) is 9.68 Å². The van der Waals surface area contributed by atoms with Gasteiger partial charge in [0.2, 0.25) is 0 Å². The molecule has 0 bridgehead atoms. The summed E-state index contributed by atoms with van der Waals surface area (Å²) in [5.74, 6) is 0. The van der Waals surface area contributed by atoms with Gasteiger partial charge in [-0.2, -0.15) is 0 Å². The van der Waals surface area contributed by atoms with Crippen molar-refractivity contribution < 1.29 is 19.8 Å². The molecule has 0 saturated heterocycles. The summed E-state index contributed by atoms with van der Waals surface area (Å²) in [7, 11) is 0. The second kappa shape index (κ2) is 5.98. The maximum Gasteiger partial charge on any atom is 0.294 e. The first-order valence-corrected chi connectivity index (χ1v) is 3.64. The van der Waals surface area contributed by atoms with Crippen LogP contribution in [-0.4, -0.2) is 22.9 Å². The van der Waals surface area contributed by atoms with E-state index in [-0.39, 0.29) is 0 Å². The Bertz CT molecular complexity index is 184. The van der Waals surface area contributed by atoms with E-state index in [1.54, 1.807) is 6.92 Å². The first-order valence-electron chi connectivity index (χ1n) is 3.64. The van der Waals surface area contributed by atoms with E-state index in [1.165, 1.54) is 0 Å². The third-order valence-electron chi connectivity index (χ3n) is 1.21. The lowest BCUT2D eigenvalue weighted by atomic mass is 10.2. The lowest BCUT2D eigenvalue weighted by molar-refractivity contribution is -0.790. The first-order chi connectivity index (χ1) is 6.06. The predicted octanol–water partition coefficient (Wildman–Crippen LogP) is 0.572. The van der Waals surface area contributed by atoms with Crippen LogP contribution in [0.25, 0.3) is 0 Å². The number of nitrogens with zero attached hydrogens (tertiary/aromatic N) is 2. The zero-order valence-corrected chi connectivity index (χ0v) is 7.04. The molecule has 0 spiro atoms. The average Bonchev–Trinajstić information content (AvgIpc) is 1.99. The standard InChI is InChI=1S/C5H10N2O6/c1-2-3-5(13-7(10)11)4-12-6(8)9/h5H,2-4H2,1H3/t5-/m1/s1. The van der Waals surface area contributed by atoms with Crippen LogP contribution < -0.4 is 0 Å². The van der Waals surface area contributed by atoms with Gasteiger partial charge in [-0.3, -0.25) is 0 Å². The molecular formula is C5H10N2O6. The third-order valence-corrected chi connectivity index (χ3v) is 1.21. The monoisotopic (exact) mass is 194 g/mol. The zero-order valence-electron chi connectivity index (χ0n) is 7.04. The highest BCUT2D eigenvalue weighted by atomic mass is 17.0. The second-order valence-electron chi connectivity index (χ2n) is 2.26. The number of rotatable bonds is 7. The largest absolute Gasteiger partial charge is 0.312 e. The van der Waals surface area contributed by atoms with Gasteiger partial charge in [0.25, 0.3) is 10.2 Å². The summed E-state index contributed by atoms with van der Waals surface area (Å²) in [5, 5.41) is 17.6. The first kappa shape index (κ1) is 11.4. The highest BCUT2D eigenvalue weighted by Gasteiger charge is 2.14. The van der Waals surface area contributed by atoms with Crippen molar-refractivity contribution in [2.45, 2.75) is 25.9 Å². The van der Waals surface area contributed by atoms with Gasteiger partial charge in [-0.05, 0) is 6.42 Å². The highest BCUT2D eigenvalue weighted by Crippen LogP contribution is 2.02. The van der Waals surface area contributed by atoms with Crippen LogP contribution >= 0.6 is 0 Å².